The van der Waals surface area contributed by atoms with Gasteiger partial charge in [0.25, 0.3) is 0 Å². The molecule has 1 aliphatic heterocycles. The molecule has 0 aromatic heterocycles. The molecule has 0 aromatic carbocycles. The topological polar surface area (TPSA) is 49.8 Å². The van der Waals surface area contributed by atoms with E-state index < -0.39 is 11.4 Å². The number of morpholine rings is 1. The minimum Gasteiger partial charge on any atom is -0.481 e. The summed E-state index contributed by atoms with van der Waals surface area (Å²) in [5.41, 5.74) is -0.462. The van der Waals surface area contributed by atoms with E-state index in [2.05, 4.69) is 11.8 Å². The third kappa shape index (κ3) is 3.23. The van der Waals surface area contributed by atoms with Crippen LogP contribution in [-0.4, -0.2) is 48.8 Å². The van der Waals surface area contributed by atoms with Gasteiger partial charge in [-0.15, -0.1) is 0 Å². The Morgan fingerprint density at radius 1 is 1.44 bits per heavy atom. The molecule has 0 radical (unpaired) electrons. The van der Waals surface area contributed by atoms with Crippen LogP contribution in [-0.2, 0) is 9.53 Å². The third-order valence-electron chi connectivity index (χ3n) is 4.56. The van der Waals surface area contributed by atoms with Gasteiger partial charge < -0.3 is 9.84 Å². The second-order valence-corrected chi connectivity index (χ2v) is 5.99. The van der Waals surface area contributed by atoms with Crippen LogP contribution in [0.5, 0.6) is 0 Å². The van der Waals surface area contributed by atoms with Crippen molar-refractivity contribution in [1.82, 2.24) is 4.90 Å². The standard InChI is InChI=1S/C14H25NO3/c1-12-3-2-4-14(11-12,13(16)17)5-6-15-7-9-18-10-8-15/h12H,2-11H2,1H3,(H,16,17). The summed E-state index contributed by atoms with van der Waals surface area (Å²) in [6, 6.07) is 0. The highest BCUT2D eigenvalue weighted by atomic mass is 16.5. The van der Waals surface area contributed by atoms with Crippen molar-refractivity contribution in [3.63, 3.8) is 0 Å². The molecule has 2 rings (SSSR count). The lowest BCUT2D eigenvalue weighted by Gasteiger charge is -2.38. The molecule has 1 N–H and O–H groups in total. The molecular formula is C14H25NO3. The second-order valence-electron chi connectivity index (χ2n) is 5.99. The van der Waals surface area contributed by atoms with E-state index in [0.717, 1.165) is 58.5 Å². The first-order valence-corrected chi connectivity index (χ1v) is 7.16. The summed E-state index contributed by atoms with van der Waals surface area (Å²) in [5, 5.41) is 9.59. The fourth-order valence-corrected chi connectivity index (χ4v) is 3.39. The monoisotopic (exact) mass is 255 g/mol. The fraction of sp³-hybridized carbons (Fsp3) is 0.929. The first-order valence-electron chi connectivity index (χ1n) is 7.16. The number of rotatable bonds is 4. The predicted molar refractivity (Wildman–Crippen MR) is 69.6 cm³/mol. The molecular weight excluding hydrogens is 230 g/mol. The van der Waals surface area contributed by atoms with E-state index in [4.69, 9.17) is 4.74 Å². The molecule has 0 amide bonds. The molecule has 2 atom stereocenters. The summed E-state index contributed by atoms with van der Waals surface area (Å²) in [5.74, 6) is -0.0261. The molecule has 2 unspecified atom stereocenters. The van der Waals surface area contributed by atoms with Gasteiger partial charge in [0.15, 0.2) is 0 Å². The van der Waals surface area contributed by atoms with Gasteiger partial charge in [0.1, 0.15) is 0 Å². The molecule has 1 heterocycles. The minimum atomic E-state index is -0.581. The van der Waals surface area contributed by atoms with E-state index in [-0.39, 0.29) is 0 Å². The van der Waals surface area contributed by atoms with Crippen LogP contribution in [0.1, 0.15) is 39.0 Å². The summed E-state index contributed by atoms with van der Waals surface area (Å²) < 4.78 is 5.32. The van der Waals surface area contributed by atoms with Gasteiger partial charge in [-0.25, -0.2) is 0 Å². The number of ether oxygens (including phenoxy) is 1. The summed E-state index contributed by atoms with van der Waals surface area (Å²) in [6.45, 7) is 6.57. The summed E-state index contributed by atoms with van der Waals surface area (Å²) in [7, 11) is 0. The van der Waals surface area contributed by atoms with Crippen molar-refractivity contribution < 1.29 is 14.6 Å². The maximum Gasteiger partial charge on any atom is 0.309 e. The molecule has 1 saturated heterocycles. The van der Waals surface area contributed by atoms with Gasteiger partial charge in [0.2, 0.25) is 0 Å². The third-order valence-corrected chi connectivity index (χ3v) is 4.56. The Morgan fingerprint density at radius 3 is 2.78 bits per heavy atom. The number of carboxylic acids is 1. The molecule has 0 spiro atoms. The highest BCUT2D eigenvalue weighted by Crippen LogP contribution is 2.42. The Hall–Kier alpha value is -0.610. The lowest BCUT2D eigenvalue weighted by atomic mass is 9.68. The molecule has 18 heavy (non-hydrogen) atoms. The van der Waals surface area contributed by atoms with E-state index in [1.54, 1.807) is 0 Å². The van der Waals surface area contributed by atoms with Crippen molar-refractivity contribution in [3.05, 3.63) is 0 Å². The smallest absolute Gasteiger partial charge is 0.309 e. The normalized spacial score (nSPS) is 34.4. The molecule has 4 heteroatoms. The molecule has 2 aliphatic rings. The van der Waals surface area contributed by atoms with Crippen LogP contribution in [0.2, 0.25) is 0 Å². The number of nitrogens with zero attached hydrogens (tertiary/aromatic N) is 1. The van der Waals surface area contributed by atoms with Crippen molar-refractivity contribution >= 4 is 5.97 Å². The van der Waals surface area contributed by atoms with E-state index >= 15 is 0 Å². The second kappa shape index (κ2) is 6.02. The van der Waals surface area contributed by atoms with Crippen LogP contribution >= 0.6 is 0 Å². The molecule has 1 saturated carbocycles. The number of aliphatic carboxylic acids is 1. The van der Waals surface area contributed by atoms with Gasteiger partial charge in [-0.2, -0.15) is 0 Å². The maximum atomic E-state index is 11.7. The van der Waals surface area contributed by atoms with Crippen LogP contribution in [0.25, 0.3) is 0 Å². The quantitative estimate of drug-likeness (QED) is 0.834. The Kier molecular flexibility index (Phi) is 4.62. The molecule has 1 aliphatic carbocycles. The molecule has 104 valence electrons. The van der Waals surface area contributed by atoms with Crippen molar-refractivity contribution in [2.75, 3.05) is 32.8 Å². The van der Waals surface area contributed by atoms with Gasteiger partial charge in [-0.05, 0) is 31.7 Å². The summed E-state index contributed by atoms with van der Waals surface area (Å²) in [6.07, 6.45) is 4.76. The number of carboxylic acid groups (broad SMARTS) is 1. The van der Waals surface area contributed by atoms with Gasteiger partial charge in [-0.1, -0.05) is 19.8 Å². The van der Waals surface area contributed by atoms with Crippen molar-refractivity contribution in [3.8, 4) is 0 Å². The molecule has 2 fully saturated rings. The average Bonchev–Trinajstić information content (AvgIpc) is 2.37. The highest BCUT2D eigenvalue weighted by molar-refractivity contribution is 5.74. The molecule has 4 nitrogen and oxygen atoms in total. The Morgan fingerprint density at radius 2 is 2.17 bits per heavy atom. The molecule has 0 bridgehead atoms. The summed E-state index contributed by atoms with van der Waals surface area (Å²) in [4.78, 5) is 14.0. The Balaban J connectivity index is 1.91. The highest BCUT2D eigenvalue weighted by Gasteiger charge is 2.41. The number of hydrogen-bond donors (Lipinski definition) is 1. The van der Waals surface area contributed by atoms with Crippen LogP contribution in [0, 0.1) is 11.3 Å². The van der Waals surface area contributed by atoms with Crippen LogP contribution < -0.4 is 0 Å². The van der Waals surface area contributed by atoms with E-state index in [1.807, 2.05) is 0 Å². The lowest BCUT2D eigenvalue weighted by molar-refractivity contribution is -0.153. The Bertz CT molecular complexity index is 289. The minimum absolute atomic E-state index is 0.462. The lowest BCUT2D eigenvalue weighted by Crippen LogP contribution is -2.42. The van der Waals surface area contributed by atoms with Crippen molar-refractivity contribution in [2.24, 2.45) is 11.3 Å². The first kappa shape index (κ1) is 13.8. The number of carbonyl (C=O) groups is 1. The number of hydrogen-bond acceptors (Lipinski definition) is 3. The van der Waals surface area contributed by atoms with Crippen molar-refractivity contribution in [2.45, 2.75) is 39.0 Å². The van der Waals surface area contributed by atoms with Gasteiger partial charge >= 0.3 is 5.97 Å². The fourth-order valence-electron chi connectivity index (χ4n) is 3.39. The van der Waals surface area contributed by atoms with Crippen LogP contribution in [0.15, 0.2) is 0 Å². The predicted octanol–water partition coefficient (Wildman–Crippen LogP) is 1.99. The van der Waals surface area contributed by atoms with Gasteiger partial charge in [0.05, 0.1) is 18.6 Å². The van der Waals surface area contributed by atoms with E-state index in [0.29, 0.717) is 5.92 Å². The zero-order chi connectivity index (χ0) is 13.0. The zero-order valence-corrected chi connectivity index (χ0v) is 11.4. The zero-order valence-electron chi connectivity index (χ0n) is 11.4. The van der Waals surface area contributed by atoms with Gasteiger partial charge in [-0.3, -0.25) is 9.69 Å². The first-order chi connectivity index (χ1) is 8.62. The Labute approximate surface area is 109 Å². The van der Waals surface area contributed by atoms with Crippen molar-refractivity contribution in [1.29, 1.82) is 0 Å². The summed E-state index contributed by atoms with van der Waals surface area (Å²) >= 11 is 0. The van der Waals surface area contributed by atoms with Gasteiger partial charge in [0, 0.05) is 13.1 Å². The average molecular weight is 255 g/mol. The molecule has 0 aromatic rings. The van der Waals surface area contributed by atoms with E-state index in [1.165, 1.54) is 6.42 Å². The van der Waals surface area contributed by atoms with Crippen LogP contribution in [0.3, 0.4) is 0 Å². The van der Waals surface area contributed by atoms with E-state index in [9.17, 15) is 9.90 Å². The van der Waals surface area contributed by atoms with Crippen LogP contribution in [0.4, 0.5) is 0 Å². The maximum absolute atomic E-state index is 11.7. The largest absolute Gasteiger partial charge is 0.481 e. The SMILES string of the molecule is CC1CCCC(CCN2CCOCC2)(C(=O)O)C1.